The van der Waals surface area contributed by atoms with Crippen LogP contribution in [0.25, 0.3) is 0 Å². The molecule has 14 heavy (non-hydrogen) atoms. The molecule has 0 radical (unpaired) electrons. The van der Waals surface area contributed by atoms with Crippen LogP contribution in [0.4, 0.5) is 0 Å². The Kier molecular flexibility index (Phi) is 3.52. The molecule has 0 fully saturated rings. The maximum absolute atomic E-state index is 11.3. The number of ether oxygens (including phenoxy) is 1. The standard InChI is InChI=1S/C9H13ClN2O2/c1-4-14-9(13)7(3)12-5-8(10)6(2)11-12/h5,7H,4H2,1-3H3. The molecule has 0 aliphatic heterocycles. The highest BCUT2D eigenvalue weighted by Crippen LogP contribution is 2.16. The Balaban J connectivity index is 2.78. The van der Waals surface area contributed by atoms with Crippen LogP contribution < -0.4 is 0 Å². The van der Waals surface area contributed by atoms with Gasteiger partial charge in [-0.3, -0.25) is 4.68 Å². The first-order chi connectivity index (χ1) is 6.56. The Morgan fingerprint density at radius 3 is 2.86 bits per heavy atom. The van der Waals surface area contributed by atoms with Gasteiger partial charge in [-0.05, 0) is 20.8 Å². The summed E-state index contributed by atoms with van der Waals surface area (Å²) in [6, 6.07) is -0.429. The molecule has 1 heterocycles. The highest BCUT2D eigenvalue weighted by Gasteiger charge is 2.17. The third-order valence-electron chi connectivity index (χ3n) is 1.88. The summed E-state index contributed by atoms with van der Waals surface area (Å²) in [4.78, 5) is 11.3. The van der Waals surface area contributed by atoms with E-state index < -0.39 is 6.04 Å². The number of hydrogen-bond donors (Lipinski definition) is 0. The molecule has 0 saturated heterocycles. The molecule has 0 N–H and O–H groups in total. The summed E-state index contributed by atoms with van der Waals surface area (Å²) in [5, 5.41) is 4.65. The van der Waals surface area contributed by atoms with Gasteiger partial charge in [0.2, 0.25) is 0 Å². The molecule has 5 heteroatoms. The fourth-order valence-electron chi connectivity index (χ4n) is 1.03. The first-order valence-electron chi connectivity index (χ1n) is 4.44. The Morgan fingerprint density at radius 1 is 1.79 bits per heavy atom. The van der Waals surface area contributed by atoms with Crippen LogP contribution in [-0.2, 0) is 9.53 Å². The SMILES string of the molecule is CCOC(=O)C(C)n1cc(Cl)c(C)n1. The summed E-state index contributed by atoms with van der Waals surface area (Å²) in [5.41, 5.74) is 0.711. The minimum Gasteiger partial charge on any atom is -0.464 e. The molecule has 0 aliphatic carbocycles. The minimum atomic E-state index is -0.429. The van der Waals surface area contributed by atoms with Crippen molar-refractivity contribution in [1.82, 2.24) is 9.78 Å². The Labute approximate surface area is 87.8 Å². The van der Waals surface area contributed by atoms with Crippen LogP contribution >= 0.6 is 11.6 Å². The van der Waals surface area contributed by atoms with Crippen LogP contribution in [-0.4, -0.2) is 22.4 Å². The Bertz CT molecular complexity index is 316. The number of aryl methyl sites for hydroxylation is 1. The molecule has 1 rings (SSSR count). The molecule has 0 saturated carbocycles. The van der Waals surface area contributed by atoms with Crippen molar-refractivity contribution in [2.24, 2.45) is 0 Å². The van der Waals surface area contributed by atoms with Gasteiger partial charge in [-0.25, -0.2) is 4.79 Å². The van der Waals surface area contributed by atoms with Gasteiger partial charge in [0.1, 0.15) is 6.04 Å². The molecule has 0 amide bonds. The van der Waals surface area contributed by atoms with E-state index in [1.54, 1.807) is 27.0 Å². The average molecular weight is 217 g/mol. The largest absolute Gasteiger partial charge is 0.464 e. The molecule has 1 aromatic heterocycles. The second-order valence-electron chi connectivity index (χ2n) is 2.97. The molecule has 1 unspecified atom stereocenters. The summed E-state index contributed by atoms with van der Waals surface area (Å²) in [6.45, 7) is 5.65. The molecule has 1 aromatic rings. The van der Waals surface area contributed by atoms with Crippen LogP contribution in [0.15, 0.2) is 6.20 Å². The van der Waals surface area contributed by atoms with E-state index in [1.165, 1.54) is 4.68 Å². The summed E-state index contributed by atoms with van der Waals surface area (Å²) in [7, 11) is 0. The number of aromatic nitrogens is 2. The van der Waals surface area contributed by atoms with E-state index in [0.717, 1.165) is 0 Å². The van der Waals surface area contributed by atoms with Gasteiger partial charge in [-0.2, -0.15) is 5.10 Å². The van der Waals surface area contributed by atoms with Crippen molar-refractivity contribution in [1.29, 1.82) is 0 Å². The quantitative estimate of drug-likeness (QED) is 0.726. The lowest BCUT2D eigenvalue weighted by atomic mass is 10.3. The van der Waals surface area contributed by atoms with Crippen molar-refractivity contribution < 1.29 is 9.53 Å². The van der Waals surface area contributed by atoms with Gasteiger partial charge in [-0.1, -0.05) is 11.6 Å². The molecule has 0 aliphatic rings. The number of carbonyl (C=O) groups excluding carboxylic acids is 1. The van der Waals surface area contributed by atoms with Crippen molar-refractivity contribution in [3.05, 3.63) is 16.9 Å². The third-order valence-corrected chi connectivity index (χ3v) is 2.25. The number of nitrogens with zero attached hydrogens (tertiary/aromatic N) is 2. The Morgan fingerprint density at radius 2 is 2.43 bits per heavy atom. The monoisotopic (exact) mass is 216 g/mol. The molecule has 0 spiro atoms. The van der Waals surface area contributed by atoms with Crippen LogP contribution in [0.3, 0.4) is 0 Å². The fourth-order valence-corrected chi connectivity index (χ4v) is 1.17. The van der Waals surface area contributed by atoms with Crippen molar-refractivity contribution in [3.8, 4) is 0 Å². The topological polar surface area (TPSA) is 44.1 Å². The van der Waals surface area contributed by atoms with Gasteiger partial charge >= 0.3 is 5.97 Å². The molecule has 0 bridgehead atoms. The summed E-state index contributed by atoms with van der Waals surface area (Å²) in [6.07, 6.45) is 1.62. The maximum atomic E-state index is 11.3. The zero-order valence-electron chi connectivity index (χ0n) is 8.45. The lowest BCUT2D eigenvalue weighted by Gasteiger charge is -2.10. The average Bonchev–Trinajstić information content (AvgIpc) is 2.46. The number of esters is 1. The fraction of sp³-hybridized carbons (Fsp3) is 0.556. The minimum absolute atomic E-state index is 0.299. The van der Waals surface area contributed by atoms with E-state index >= 15 is 0 Å². The molecule has 4 nitrogen and oxygen atoms in total. The van der Waals surface area contributed by atoms with Crippen LogP contribution in [0.5, 0.6) is 0 Å². The van der Waals surface area contributed by atoms with Crippen molar-refractivity contribution in [3.63, 3.8) is 0 Å². The Hall–Kier alpha value is -1.03. The molecular formula is C9H13ClN2O2. The summed E-state index contributed by atoms with van der Waals surface area (Å²) >= 11 is 5.82. The summed E-state index contributed by atoms with van der Waals surface area (Å²) in [5.74, 6) is -0.299. The zero-order valence-corrected chi connectivity index (χ0v) is 9.21. The van der Waals surface area contributed by atoms with Gasteiger partial charge < -0.3 is 4.74 Å². The predicted octanol–water partition coefficient (Wildman–Crippen LogP) is 1.97. The van der Waals surface area contributed by atoms with Gasteiger partial charge in [0.25, 0.3) is 0 Å². The molecule has 0 aromatic carbocycles. The van der Waals surface area contributed by atoms with Gasteiger partial charge in [0.15, 0.2) is 0 Å². The molecule has 1 atom stereocenters. The lowest BCUT2D eigenvalue weighted by Crippen LogP contribution is -2.19. The van der Waals surface area contributed by atoms with Gasteiger partial charge in [0.05, 0.1) is 17.3 Å². The van der Waals surface area contributed by atoms with Crippen LogP contribution in [0.1, 0.15) is 25.6 Å². The van der Waals surface area contributed by atoms with Crippen LogP contribution in [0.2, 0.25) is 5.02 Å². The smallest absolute Gasteiger partial charge is 0.330 e. The molecule has 78 valence electrons. The van der Waals surface area contributed by atoms with E-state index in [1.807, 2.05) is 0 Å². The highest BCUT2D eigenvalue weighted by molar-refractivity contribution is 6.31. The number of carbonyl (C=O) groups is 1. The maximum Gasteiger partial charge on any atom is 0.330 e. The second kappa shape index (κ2) is 4.46. The summed E-state index contributed by atoms with van der Waals surface area (Å²) < 4.78 is 6.37. The number of rotatable bonds is 3. The van der Waals surface area contributed by atoms with Crippen LogP contribution in [0, 0.1) is 6.92 Å². The van der Waals surface area contributed by atoms with Crippen molar-refractivity contribution in [2.45, 2.75) is 26.8 Å². The van der Waals surface area contributed by atoms with Crippen molar-refractivity contribution in [2.75, 3.05) is 6.61 Å². The lowest BCUT2D eigenvalue weighted by molar-refractivity contribution is -0.146. The van der Waals surface area contributed by atoms with E-state index in [0.29, 0.717) is 17.3 Å². The normalized spacial score (nSPS) is 12.6. The number of halogens is 1. The van der Waals surface area contributed by atoms with E-state index in [2.05, 4.69) is 5.10 Å². The van der Waals surface area contributed by atoms with Crippen molar-refractivity contribution >= 4 is 17.6 Å². The molecular weight excluding hydrogens is 204 g/mol. The van der Waals surface area contributed by atoms with Gasteiger partial charge in [0, 0.05) is 6.20 Å². The first-order valence-corrected chi connectivity index (χ1v) is 4.82. The zero-order chi connectivity index (χ0) is 10.7. The second-order valence-corrected chi connectivity index (χ2v) is 3.38. The van der Waals surface area contributed by atoms with E-state index in [-0.39, 0.29) is 5.97 Å². The van der Waals surface area contributed by atoms with Gasteiger partial charge in [-0.15, -0.1) is 0 Å². The first kappa shape index (κ1) is 11.0. The predicted molar refractivity (Wildman–Crippen MR) is 53.3 cm³/mol. The third kappa shape index (κ3) is 2.26. The van der Waals surface area contributed by atoms with E-state index in [4.69, 9.17) is 16.3 Å². The highest BCUT2D eigenvalue weighted by atomic mass is 35.5. The van der Waals surface area contributed by atoms with E-state index in [9.17, 15) is 4.79 Å². The number of hydrogen-bond acceptors (Lipinski definition) is 3.